The standard InChI is InChI=1S/C48H29N3O.C44H27N3O.C42H25N3O/c1-2-14-30(15-3-1)31-16-12-17-32(28-31)46-37-22-6-9-24-40(37)49-48(50-46)39-29-44-45(36-21-5-4-18-33(36)39)38-23-13-27-43(47(38)52-44)51-41-25-10-7-19-34(41)35-20-8-11-26-42(35)51;1-3-14-28(15-4-1)36-27-37(29-16-5-2-6-17-29)46-44(45-36)35-26-41-42(33-21-8-7-18-30(33)35)34-22-13-25-40(43(34)48-41)47-38-23-11-9-19-31(38)32-20-10-12-24-39(32)47;1-2-13-26(14-3-1)40-31-19-6-9-21-34(31)43-42(44-40)33-25-38-39(30-18-5-4-15-27(30)33)32-20-12-24-37(41(32)46-38)45-35-22-10-7-16-28(35)29-17-8-11-23-36(29)45/h1-29H;1-27H;1-25H. The van der Waals surface area contributed by atoms with Gasteiger partial charge < -0.3 is 27.0 Å². The highest BCUT2D eigenvalue weighted by molar-refractivity contribution is 6.27. The molecule has 12 heteroatoms. The zero-order valence-corrected chi connectivity index (χ0v) is 78.5. The third-order valence-corrected chi connectivity index (χ3v) is 29.0. The molecule has 0 N–H and O–H groups in total. The maximum absolute atomic E-state index is 6.97. The molecule has 0 aliphatic rings. The number of hydrogen-bond acceptors (Lipinski definition) is 9. The van der Waals surface area contributed by atoms with E-state index in [2.05, 4.69) is 438 Å². The molecule has 0 radical (unpaired) electrons. The molecule has 0 spiro atoms. The summed E-state index contributed by atoms with van der Waals surface area (Å²) >= 11 is 0. The monoisotopic (exact) mass is 1860 g/mol. The first-order valence-electron chi connectivity index (χ1n) is 49.3. The van der Waals surface area contributed by atoms with Crippen molar-refractivity contribution in [3.05, 3.63) is 491 Å². The quantitative estimate of drug-likeness (QED) is 0.124. The molecule has 0 amide bonds. The Kier molecular flexibility index (Phi) is 19.4. The number of nitrogens with zero attached hydrogens (tertiary/aromatic N) is 9. The normalized spacial score (nSPS) is 11.8. The molecule has 0 aliphatic heterocycles. The predicted octanol–water partition coefficient (Wildman–Crippen LogP) is 35.5. The third-order valence-electron chi connectivity index (χ3n) is 29.0. The summed E-state index contributed by atoms with van der Waals surface area (Å²) in [6.07, 6.45) is 0. The van der Waals surface area contributed by atoms with Crippen LogP contribution in [-0.2, 0) is 0 Å². The summed E-state index contributed by atoms with van der Waals surface area (Å²) in [4.78, 5) is 31.2. The fourth-order valence-corrected chi connectivity index (χ4v) is 22.6. The Hall–Kier alpha value is -19.8. The number of hydrogen-bond donors (Lipinski definition) is 0. The zero-order valence-electron chi connectivity index (χ0n) is 78.5. The molecule has 9 heterocycles. The van der Waals surface area contributed by atoms with Crippen LogP contribution in [0.5, 0.6) is 0 Å². The Balaban J connectivity index is 0.000000104. The molecule has 31 aromatic rings. The van der Waals surface area contributed by atoms with Gasteiger partial charge in [-0.1, -0.05) is 394 Å². The summed E-state index contributed by atoms with van der Waals surface area (Å²) in [6, 6.07) is 172. The number of fused-ring (bicyclic) bond motifs is 26. The molecule has 0 unspecified atom stereocenters. The molecule has 0 aliphatic carbocycles. The lowest BCUT2D eigenvalue weighted by atomic mass is 9.97. The van der Waals surface area contributed by atoms with E-state index in [0.717, 1.165) is 237 Å². The van der Waals surface area contributed by atoms with Crippen LogP contribution >= 0.6 is 0 Å². The third kappa shape index (κ3) is 13.5. The topological polar surface area (TPSA) is 132 Å². The van der Waals surface area contributed by atoms with Crippen molar-refractivity contribution in [1.29, 1.82) is 0 Å². The molecule has 31 rings (SSSR count). The van der Waals surface area contributed by atoms with Crippen LogP contribution in [0.3, 0.4) is 0 Å². The van der Waals surface area contributed by atoms with E-state index in [1.807, 2.05) is 66.7 Å². The van der Waals surface area contributed by atoms with E-state index < -0.39 is 0 Å². The first-order valence-corrected chi connectivity index (χ1v) is 49.3. The number of aromatic nitrogens is 9. The van der Waals surface area contributed by atoms with Crippen LogP contribution < -0.4 is 0 Å². The summed E-state index contributed by atoms with van der Waals surface area (Å²) in [5.74, 6) is 2.01. The van der Waals surface area contributed by atoms with Crippen LogP contribution in [0.4, 0.5) is 0 Å². The van der Waals surface area contributed by atoms with Gasteiger partial charge in [0.1, 0.15) is 16.7 Å². The van der Waals surface area contributed by atoms with Crippen LogP contribution in [-0.4, -0.2) is 43.6 Å². The van der Waals surface area contributed by atoms with Gasteiger partial charge in [-0.2, -0.15) is 0 Å². The van der Waals surface area contributed by atoms with Crippen LogP contribution in [0.1, 0.15) is 0 Å². The largest absolute Gasteiger partial charge is 0.454 e. The van der Waals surface area contributed by atoms with E-state index >= 15 is 0 Å². The van der Waals surface area contributed by atoms with Crippen molar-refractivity contribution in [3.63, 3.8) is 0 Å². The summed E-state index contributed by atoms with van der Waals surface area (Å²) in [5.41, 5.74) is 29.7. The fraction of sp³-hybridized carbons (Fsp3) is 0. The predicted molar refractivity (Wildman–Crippen MR) is 602 cm³/mol. The van der Waals surface area contributed by atoms with Crippen LogP contribution in [0.2, 0.25) is 0 Å². The van der Waals surface area contributed by atoms with Gasteiger partial charge in [-0.3, -0.25) is 0 Å². The molecule has 0 saturated carbocycles. The lowest BCUT2D eigenvalue weighted by Gasteiger charge is -2.12. The summed E-state index contributed by atoms with van der Waals surface area (Å²) in [5, 5.41) is 22.5. The smallest absolute Gasteiger partial charge is 0.161 e. The maximum Gasteiger partial charge on any atom is 0.161 e. The van der Waals surface area contributed by atoms with Crippen molar-refractivity contribution in [2.45, 2.75) is 0 Å². The van der Waals surface area contributed by atoms with Crippen LogP contribution in [0.25, 0.3) is 293 Å². The average Bonchev–Trinajstić information content (AvgIpc) is 1.54. The van der Waals surface area contributed by atoms with Gasteiger partial charge in [0.15, 0.2) is 34.2 Å². The molecule has 0 atom stereocenters. The maximum atomic E-state index is 6.97. The van der Waals surface area contributed by atoms with Gasteiger partial charge >= 0.3 is 0 Å². The van der Waals surface area contributed by atoms with Gasteiger partial charge in [0.05, 0.1) is 84.0 Å². The molecule has 12 nitrogen and oxygen atoms in total. The number of benzene rings is 22. The van der Waals surface area contributed by atoms with Crippen molar-refractivity contribution in [3.8, 4) is 107 Å². The van der Waals surface area contributed by atoms with E-state index in [0.29, 0.717) is 17.5 Å². The van der Waals surface area contributed by atoms with E-state index in [-0.39, 0.29) is 0 Å². The highest BCUT2D eigenvalue weighted by Crippen LogP contribution is 2.50. The van der Waals surface area contributed by atoms with Gasteiger partial charge in [0.25, 0.3) is 0 Å². The van der Waals surface area contributed by atoms with Crippen molar-refractivity contribution in [2.24, 2.45) is 0 Å². The van der Waals surface area contributed by atoms with Crippen molar-refractivity contribution >= 4 is 185 Å². The van der Waals surface area contributed by atoms with Crippen molar-refractivity contribution in [1.82, 2.24) is 43.6 Å². The molecule has 680 valence electrons. The lowest BCUT2D eigenvalue weighted by molar-refractivity contribution is 0.666. The van der Waals surface area contributed by atoms with E-state index in [1.54, 1.807) is 0 Å². The minimum Gasteiger partial charge on any atom is -0.454 e. The zero-order chi connectivity index (χ0) is 96.0. The highest BCUT2D eigenvalue weighted by atomic mass is 16.3. The Morgan fingerprint density at radius 3 is 0.747 bits per heavy atom. The minimum atomic E-state index is 0.663. The number of rotatable bonds is 11. The van der Waals surface area contributed by atoms with Gasteiger partial charge in [-0.25, -0.2) is 29.9 Å². The van der Waals surface area contributed by atoms with E-state index in [1.165, 1.54) is 37.9 Å². The molecule has 146 heavy (non-hydrogen) atoms. The Labute approximate surface area is 835 Å². The molecule has 9 aromatic heterocycles. The lowest BCUT2D eigenvalue weighted by Crippen LogP contribution is -1.96. The Morgan fingerprint density at radius 1 is 0.158 bits per heavy atom. The second-order valence-corrected chi connectivity index (χ2v) is 37.2. The summed E-state index contributed by atoms with van der Waals surface area (Å²) in [7, 11) is 0. The fourth-order valence-electron chi connectivity index (χ4n) is 22.6. The number of furan rings is 3. The Bertz CT molecular complexity index is 10500. The molecule has 0 saturated heterocycles. The van der Waals surface area contributed by atoms with Crippen LogP contribution in [0, 0.1) is 0 Å². The second kappa shape index (κ2) is 34.0. The second-order valence-electron chi connectivity index (χ2n) is 37.2. The van der Waals surface area contributed by atoms with Gasteiger partial charge in [-0.05, 0) is 141 Å². The molecular weight excluding hydrogens is 1780 g/mol. The Morgan fingerprint density at radius 2 is 0.404 bits per heavy atom. The SMILES string of the molecule is c1ccc(-c2cc(-c3ccccc3)nc(-c3cc4oc5c(-n6c7ccccc7c7ccccc76)cccc5c4c4ccccc34)n2)cc1.c1ccc(-c2cccc(-c3nc(-c4cc5oc6c(-n7c8ccccc8c8ccccc87)cccc6c5c5ccccc45)nc4ccccc34)c2)cc1.c1ccc(-c2nc(-c3cc4oc5c(-n6c7ccccc7c7ccccc76)cccc5c4c4ccccc34)nc3ccccc23)cc1. The van der Waals surface area contributed by atoms with Gasteiger partial charge in [-0.15, -0.1) is 0 Å². The number of para-hydroxylation sites is 11. The average molecular weight is 1870 g/mol. The van der Waals surface area contributed by atoms with Gasteiger partial charge in [0, 0.05) is 114 Å². The van der Waals surface area contributed by atoms with Crippen molar-refractivity contribution in [2.75, 3.05) is 0 Å². The minimum absolute atomic E-state index is 0.663. The van der Waals surface area contributed by atoms with Gasteiger partial charge in [0.2, 0.25) is 0 Å². The van der Waals surface area contributed by atoms with E-state index in [9.17, 15) is 0 Å². The van der Waals surface area contributed by atoms with E-state index in [4.69, 9.17) is 43.2 Å². The first kappa shape index (κ1) is 83.2. The first-order chi connectivity index (χ1) is 72.4. The highest BCUT2D eigenvalue weighted by Gasteiger charge is 2.28. The van der Waals surface area contributed by atoms with Crippen molar-refractivity contribution < 1.29 is 13.3 Å². The molecule has 22 aromatic carbocycles. The summed E-state index contributed by atoms with van der Waals surface area (Å²) < 4.78 is 27.8. The van der Waals surface area contributed by atoms with Crippen LogP contribution in [0.15, 0.2) is 505 Å². The molecular formula is C134H81N9O3. The summed E-state index contributed by atoms with van der Waals surface area (Å²) in [6.45, 7) is 0. The molecule has 0 bridgehead atoms. The molecule has 0 fully saturated rings.